The van der Waals surface area contributed by atoms with E-state index in [9.17, 15) is 55.9 Å². The van der Waals surface area contributed by atoms with E-state index in [1.54, 1.807) is 0 Å². The quantitative estimate of drug-likeness (QED) is 0.0952. The van der Waals surface area contributed by atoms with Crippen molar-refractivity contribution in [3.05, 3.63) is 41.2 Å². The van der Waals surface area contributed by atoms with E-state index < -0.39 is 103 Å². The predicted octanol–water partition coefficient (Wildman–Crippen LogP) is -1.21. The number of hydrogen-bond acceptors (Lipinski definition) is 16. The summed E-state index contributed by atoms with van der Waals surface area (Å²) in [5.74, 6) is -3.84. The molecule has 2 aromatic carbocycles. The first-order chi connectivity index (χ1) is 21.7. The highest BCUT2D eigenvalue weighted by molar-refractivity contribution is 5.69. The Balaban J connectivity index is 1.41. The maximum absolute atomic E-state index is 11.6. The molecule has 3 heterocycles. The Kier molecular flexibility index (Phi) is 9.39. The second-order valence-corrected chi connectivity index (χ2v) is 11.1. The van der Waals surface area contributed by atoms with Crippen molar-refractivity contribution in [1.29, 1.82) is 0 Å². The fourth-order valence-electron chi connectivity index (χ4n) is 5.34. The van der Waals surface area contributed by atoms with E-state index in [1.165, 1.54) is 19.1 Å². The van der Waals surface area contributed by atoms with Crippen LogP contribution in [-0.4, -0.2) is 130 Å². The van der Waals surface area contributed by atoms with Gasteiger partial charge in [0, 0.05) is 19.1 Å². The summed E-state index contributed by atoms with van der Waals surface area (Å²) in [4.78, 5) is 11.6. The molecule has 0 bridgehead atoms. The van der Waals surface area contributed by atoms with Gasteiger partial charge in [0.05, 0.1) is 24.3 Å². The molecule has 2 fully saturated rings. The number of phenolic OH excluding ortho intramolecular Hbond substituents is 5. The third-order valence-corrected chi connectivity index (χ3v) is 7.79. The van der Waals surface area contributed by atoms with Gasteiger partial charge < -0.3 is 79.5 Å². The van der Waals surface area contributed by atoms with Crippen LogP contribution in [0, 0.1) is 0 Å². The summed E-state index contributed by atoms with van der Waals surface area (Å²) in [6.45, 7) is 1.94. The molecule has 0 aliphatic carbocycles. The molecule has 2 saturated heterocycles. The normalized spacial score (nSPS) is 34.2. The topological polar surface area (TPSA) is 278 Å². The Hall–Kier alpha value is -4.07. The lowest BCUT2D eigenvalue weighted by atomic mass is 9.98. The minimum Gasteiger partial charge on any atom is -0.571 e. The highest BCUT2D eigenvalue weighted by atomic mass is 16.7. The lowest BCUT2D eigenvalue weighted by molar-refractivity contribution is -0.326. The zero-order valence-corrected chi connectivity index (χ0v) is 24.3. The molecule has 11 atom stereocenters. The fourth-order valence-corrected chi connectivity index (χ4v) is 5.34. The maximum atomic E-state index is 11.6. The standard InChI is InChI=1S/C29H34O17/c1-9-20(35)24(39)27(43-10(2)30)29(42-9)41-8-19-22(37)23(38)25(40)28(46-19)45-18-7-13-14(32)5-12(31)6-17(13)44-26(18)11-3-15(33)21(36)16(34)4-11/h3-7,9,19-20,22-29,31-40H,8H2,1-2H3/p+1/t9-,19+,20-,22+,23-,24+,25+,26?,27-,28+,29+/m0/s1. The van der Waals surface area contributed by atoms with Gasteiger partial charge in [0.25, 0.3) is 11.9 Å². The van der Waals surface area contributed by atoms with Crippen molar-refractivity contribution in [2.45, 2.75) is 81.4 Å². The second-order valence-electron chi connectivity index (χ2n) is 11.1. The van der Waals surface area contributed by atoms with E-state index in [2.05, 4.69) is 4.74 Å². The van der Waals surface area contributed by atoms with Gasteiger partial charge in [-0.1, -0.05) is 0 Å². The van der Waals surface area contributed by atoms with Crippen LogP contribution in [-0.2, 0) is 28.5 Å². The summed E-state index contributed by atoms with van der Waals surface area (Å²) in [5, 5.41) is 103. The Morgan fingerprint density at radius 1 is 0.826 bits per heavy atom. The maximum Gasteiger partial charge on any atom is 0.303 e. The Morgan fingerprint density at radius 2 is 1.50 bits per heavy atom. The number of benzene rings is 2. The number of aliphatic hydroxyl groups is 6. The van der Waals surface area contributed by atoms with Crippen molar-refractivity contribution in [3.63, 3.8) is 0 Å². The number of rotatable bonds is 7. The molecule has 3 aliphatic rings. The van der Waals surface area contributed by atoms with Gasteiger partial charge in [0.1, 0.15) is 53.7 Å². The Bertz CT molecular complexity index is 1450. The van der Waals surface area contributed by atoms with Crippen molar-refractivity contribution in [2.75, 3.05) is 6.61 Å². The van der Waals surface area contributed by atoms with Crippen LogP contribution in [0.15, 0.2) is 30.0 Å². The number of phenols is 5. The van der Waals surface area contributed by atoms with E-state index in [4.69, 9.17) is 23.7 Å². The zero-order valence-electron chi connectivity index (χ0n) is 24.3. The molecule has 0 radical (unpaired) electrons. The number of ether oxygens (including phenoxy) is 6. The van der Waals surface area contributed by atoms with Gasteiger partial charge >= 0.3 is 5.97 Å². The molecule has 17 heteroatoms. The number of aromatic hydroxyl groups is 6. The summed E-state index contributed by atoms with van der Waals surface area (Å²) >= 11 is 0. The van der Waals surface area contributed by atoms with Crippen LogP contribution in [0.4, 0.5) is 0 Å². The summed E-state index contributed by atoms with van der Waals surface area (Å²) in [6, 6.07) is 4.39. The minimum atomic E-state index is -1.87. The number of carbonyl (C=O) groups is 1. The van der Waals surface area contributed by atoms with Crippen LogP contribution in [0.1, 0.15) is 31.1 Å². The molecular formula is C29H35O17+. The molecule has 1 unspecified atom stereocenters. The first-order valence-corrected chi connectivity index (χ1v) is 14.1. The molecule has 0 aromatic heterocycles. The van der Waals surface area contributed by atoms with E-state index in [-0.39, 0.29) is 28.4 Å². The molecule has 0 saturated carbocycles. The van der Waals surface area contributed by atoms with Gasteiger partial charge in [-0.05, 0) is 19.1 Å². The van der Waals surface area contributed by atoms with E-state index in [0.29, 0.717) is 0 Å². The van der Waals surface area contributed by atoms with Crippen LogP contribution >= 0.6 is 0 Å². The van der Waals surface area contributed by atoms with Gasteiger partial charge in [-0.15, -0.1) is 0 Å². The molecule has 0 spiro atoms. The monoisotopic (exact) mass is 655 g/mol. The van der Waals surface area contributed by atoms with Crippen LogP contribution in [0.5, 0.6) is 34.5 Å². The number of esters is 1. The largest absolute Gasteiger partial charge is 0.571 e. The summed E-state index contributed by atoms with van der Waals surface area (Å²) in [5.41, 5.74) is 0.127. The number of hydrogen-bond donors (Lipinski definition) is 10. The third-order valence-electron chi connectivity index (χ3n) is 7.79. The molecule has 252 valence electrons. The number of aliphatic hydroxyl groups excluding tert-OH is 5. The third kappa shape index (κ3) is 6.44. The molecule has 2 aromatic rings. The van der Waals surface area contributed by atoms with E-state index in [0.717, 1.165) is 25.1 Å². The van der Waals surface area contributed by atoms with Crippen LogP contribution in [0.3, 0.4) is 0 Å². The molecule has 11 N–H and O–H groups in total. The SMILES string of the molecule is CC(=O)O[C@@H]1[C@H](OC[C@H]2O[C@@H](OC3=Cc4c(O)cc(O)cc4[OH+]C3c3cc(O)c(O)c(O)c3)[C@H](O)[C@@H](O)[C@@H]2O)O[C@@H](C)[C@H](O)[C@H]1O. The average Bonchev–Trinajstić information content (AvgIpc) is 2.99. The van der Waals surface area contributed by atoms with Crippen molar-refractivity contribution in [1.82, 2.24) is 0 Å². The Labute approximate surface area is 260 Å². The average molecular weight is 656 g/mol. The van der Waals surface area contributed by atoms with Gasteiger partial charge in [-0.25, -0.2) is 0 Å². The lowest BCUT2D eigenvalue weighted by Gasteiger charge is -2.43. The first-order valence-electron chi connectivity index (χ1n) is 14.1. The second kappa shape index (κ2) is 13.0. The van der Waals surface area contributed by atoms with Crippen LogP contribution in [0.2, 0.25) is 0 Å². The fraction of sp³-hybridized carbons (Fsp3) is 0.483. The first kappa shape index (κ1) is 33.3. The minimum absolute atomic E-state index is 0.0547. The number of fused-ring (bicyclic) bond motifs is 1. The smallest absolute Gasteiger partial charge is 0.303 e. The molecule has 46 heavy (non-hydrogen) atoms. The van der Waals surface area contributed by atoms with Gasteiger partial charge in [-0.2, -0.15) is 0 Å². The van der Waals surface area contributed by atoms with Crippen LogP contribution < -0.4 is 0 Å². The number of carbonyl (C=O) groups excluding carboxylic acids is 1. The highest BCUT2D eigenvalue weighted by Crippen LogP contribution is 2.47. The zero-order chi connectivity index (χ0) is 33.6. The molecule has 5 rings (SSSR count). The van der Waals surface area contributed by atoms with Crippen molar-refractivity contribution in [3.8, 4) is 34.5 Å². The lowest BCUT2D eigenvalue weighted by Crippen LogP contribution is -2.61. The summed E-state index contributed by atoms with van der Waals surface area (Å²) < 4.78 is 32.3. The molecule has 0 amide bonds. The molecule has 3 aliphatic heterocycles. The molecule has 17 nitrogen and oxygen atoms in total. The van der Waals surface area contributed by atoms with Crippen LogP contribution in [0.25, 0.3) is 6.08 Å². The van der Waals surface area contributed by atoms with Crippen molar-refractivity contribution < 1.29 is 84.3 Å². The summed E-state index contributed by atoms with van der Waals surface area (Å²) in [6.07, 6.45) is -15.5. The molecular weight excluding hydrogens is 620 g/mol. The van der Waals surface area contributed by atoms with Gasteiger partial charge in [0.2, 0.25) is 6.29 Å². The summed E-state index contributed by atoms with van der Waals surface area (Å²) in [7, 11) is 0. The Morgan fingerprint density at radius 3 is 2.15 bits per heavy atom. The van der Waals surface area contributed by atoms with E-state index >= 15 is 0 Å². The van der Waals surface area contributed by atoms with Crippen molar-refractivity contribution >= 4 is 12.0 Å². The van der Waals surface area contributed by atoms with E-state index in [1.807, 2.05) is 0 Å². The predicted molar refractivity (Wildman–Crippen MR) is 149 cm³/mol. The van der Waals surface area contributed by atoms with Crippen molar-refractivity contribution in [2.24, 2.45) is 0 Å². The van der Waals surface area contributed by atoms with Gasteiger partial charge in [-0.3, -0.25) is 4.79 Å². The van der Waals surface area contributed by atoms with Gasteiger partial charge in [0.15, 0.2) is 35.4 Å². The highest BCUT2D eigenvalue weighted by Gasteiger charge is 2.49.